The molecule has 0 heteroatoms. The van der Waals surface area contributed by atoms with Crippen LogP contribution in [0.3, 0.4) is 0 Å². The number of allylic oxidation sites excluding steroid dienone is 11. The molecule has 0 amide bonds. The minimum absolute atomic E-state index is 1.15. The van der Waals surface area contributed by atoms with E-state index in [9.17, 15) is 0 Å². The van der Waals surface area contributed by atoms with Gasteiger partial charge in [-0.25, -0.2) is 0 Å². The molecule has 0 aromatic carbocycles. The molecule has 0 saturated heterocycles. The van der Waals surface area contributed by atoms with Crippen molar-refractivity contribution in [3.63, 3.8) is 0 Å². The fourth-order valence-corrected chi connectivity index (χ4v) is 0.895. The Labute approximate surface area is 93.7 Å². The van der Waals surface area contributed by atoms with Gasteiger partial charge in [-0.05, 0) is 19.4 Å². The molecule has 0 saturated carbocycles. The minimum atomic E-state index is 1.15. The first-order chi connectivity index (χ1) is 7.35. The van der Waals surface area contributed by atoms with Crippen LogP contribution in [0.25, 0.3) is 0 Å². The van der Waals surface area contributed by atoms with E-state index in [2.05, 4.69) is 18.7 Å². The number of hydrogen-bond donors (Lipinski definition) is 0. The molecule has 0 N–H and O–H groups in total. The maximum Gasteiger partial charge on any atom is 0.00474 e. The Morgan fingerprint density at radius 1 is 0.867 bits per heavy atom. The molecule has 0 aromatic rings. The number of hydrogen-bond acceptors (Lipinski definition) is 0. The lowest BCUT2D eigenvalue weighted by molar-refractivity contribution is 1.61. The molecule has 79 valence electrons. The fraction of sp³-hybridized carbons (Fsp3) is 0.133. The molecule has 0 aromatic heterocycles. The molecule has 0 spiro atoms. The van der Waals surface area contributed by atoms with Crippen LogP contribution in [0.1, 0.15) is 13.8 Å². The monoisotopic (exact) mass is 199 g/mol. The Bertz CT molecular complexity index is 296. The van der Waals surface area contributed by atoms with E-state index in [0.29, 0.717) is 0 Å². The molecule has 0 aliphatic carbocycles. The van der Waals surface area contributed by atoms with Crippen molar-refractivity contribution in [2.45, 2.75) is 13.8 Å². The summed E-state index contributed by atoms with van der Waals surface area (Å²) >= 11 is 0. The summed E-state index contributed by atoms with van der Waals surface area (Å²) in [5.74, 6) is 0. The Balaban J connectivity index is 4.43. The summed E-state index contributed by atoms with van der Waals surface area (Å²) in [6.07, 6.45) is 21.9. The summed E-state index contributed by atoms with van der Waals surface area (Å²) in [6.45, 7) is 7.65. The molecule has 0 fully saturated rings. The van der Waals surface area contributed by atoms with Gasteiger partial charge in [-0.3, -0.25) is 0 Å². The van der Waals surface area contributed by atoms with E-state index in [1.165, 1.54) is 0 Å². The van der Waals surface area contributed by atoms with E-state index in [0.717, 1.165) is 5.57 Å². The van der Waals surface area contributed by atoms with E-state index in [1.807, 2.05) is 62.8 Å². The normalized spacial score (nSPS) is 13.9. The molecule has 0 nitrogen and oxygen atoms in total. The van der Waals surface area contributed by atoms with Gasteiger partial charge in [0.05, 0.1) is 0 Å². The first kappa shape index (κ1) is 13.4. The zero-order chi connectivity index (χ0) is 11.4. The van der Waals surface area contributed by atoms with Crippen molar-refractivity contribution < 1.29 is 0 Å². The third-order valence-corrected chi connectivity index (χ3v) is 1.61. The van der Waals surface area contributed by atoms with Crippen LogP contribution < -0.4 is 0 Å². The van der Waals surface area contributed by atoms with Crippen LogP contribution in [0.15, 0.2) is 72.9 Å². The van der Waals surface area contributed by atoms with Crippen LogP contribution in [0, 0.1) is 6.42 Å². The van der Waals surface area contributed by atoms with Crippen LogP contribution in [-0.4, -0.2) is 0 Å². The summed E-state index contributed by atoms with van der Waals surface area (Å²) in [5.41, 5.74) is 1.15. The van der Waals surface area contributed by atoms with Crippen molar-refractivity contribution in [3.05, 3.63) is 79.3 Å². The SMILES string of the molecule is C=C/C=C/C(=C\C=C\C)/C=C/[CH]/C=C/C. The van der Waals surface area contributed by atoms with Crippen LogP contribution in [0.2, 0.25) is 0 Å². The molecule has 1 radical (unpaired) electrons. The van der Waals surface area contributed by atoms with Crippen molar-refractivity contribution >= 4 is 0 Å². The third kappa shape index (κ3) is 8.76. The van der Waals surface area contributed by atoms with Crippen molar-refractivity contribution in [2.24, 2.45) is 0 Å². The lowest BCUT2D eigenvalue weighted by Gasteiger charge is -1.90. The molecule has 15 heavy (non-hydrogen) atoms. The van der Waals surface area contributed by atoms with Crippen LogP contribution >= 0.6 is 0 Å². The van der Waals surface area contributed by atoms with Gasteiger partial charge in [0.1, 0.15) is 0 Å². The zero-order valence-electron chi connectivity index (χ0n) is 9.56. The predicted molar refractivity (Wildman–Crippen MR) is 70.5 cm³/mol. The smallest absolute Gasteiger partial charge is 0.00474 e. The molecular weight excluding hydrogens is 180 g/mol. The van der Waals surface area contributed by atoms with Gasteiger partial charge in [-0.15, -0.1) is 0 Å². The minimum Gasteiger partial charge on any atom is -0.0991 e. The highest BCUT2D eigenvalue weighted by molar-refractivity contribution is 5.36. The first-order valence-electron chi connectivity index (χ1n) is 5.10. The molecule has 0 unspecified atom stereocenters. The van der Waals surface area contributed by atoms with Gasteiger partial charge in [-0.2, -0.15) is 0 Å². The molecule has 0 atom stereocenters. The van der Waals surface area contributed by atoms with Gasteiger partial charge in [0.15, 0.2) is 0 Å². The van der Waals surface area contributed by atoms with Crippen molar-refractivity contribution in [1.82, 2.24) is 0 Å². The maximum atomic E-state index is 3.65. The molecule has 0 rings (SSSR count). The number of rotatable bonds is 6. The van der Waals surface area contributed by atoms with Gasteiger partial charge in [0.25, 0.3) is 0 Å². The quantitative estimate of drug-likeness (QED) is 0.550. The van der Waals surface area contributed by atoms with Crippen molar-refractivity contribution in [2.75, 3.05) is 0 Å². The van der Waals surface area contributed by atoms with Gasteiger partial charge < -0.3 is 0 Å². The summed E-state index contributed by atoms with van der Waals surface area (Å²) in [6, 6.07) is 0. The Morgan fingerprint density at radius 3 is 2.13 bits per heavy atom. The van der Waals surface area contributed by atoms with Crippen molar-refractivity contribution in [1.29, 1.82) is 0 Å². The van der Waals surface area contributed by atoms with Gasteiger partial charge in [-0.1, -0.05) is 67.3 Å². The van der Waals surface area contributed by atoms with E-state index >= 15 is 0 Å². The predicted octanol–water partition coefficient (Wildman–Crippen LogP) is 4.57. The lowest BCUT2D eigenvalue weighted by atomic mass is 10.2. The lowest BCUT2D eigenvalue weighted by Crippen LogP contribution is -1.70. The molecule has 0 aliphatic rings. The molecule has 0 bridgehead atoms. The summed E-state index contributed by atoms with van der Waals surface area (Å²) in [4.78, 5) is 0. The Kier molecular flexibility index (Phi) is 9.43. The standard InChI is InChI=1S/C15H19/c1-4-7-10-11-14-15(12-8-5-2)13-9-6-3/h4-14H,2H2,1,3H3/b7-4+,9-6+,12-8+,14-11+,15-13+. The zero-order valence-corrected chi connectivity index (χ0v) is 9.56. The largest absolute Gasteiger partial charge is 0.0991 e. The van der Waals surface area contributed by atoms with Crippen molar-refractivity contribution in [3.8, 4) is 0 Å². The average molecular weight is 199 g/mol. The average Bonchev–Trinajstić information content (AvgIpc) is 2.27. The third-order valence-electron chi connectivity index (χ3n) is 1.61. The molecule has 0 heterocycles. The Hall–Kier alpha value is -1.56. The van der Waals surface area contributed by atoms with Crippen LogP contribution in [-0.2, 0) is 0 Å². The van der Waals surface area contributed by atoms with Crippen LogP contribution in [0.5, 0.6) is 0 Å². The summed E-state index contributed by atoms with van der Waals surface area (Å²) in [7, 11) is 0. The second-order valence-corrected chi connectivity index (χ2v) is 2.86. The summed E-state index contributed by atoms with van der Waals surface area (Å²) in [5, 5.41) is 0. The molecule has 0 aliphatic heterocycles. The highest BCUT2D eigenvalue weighted by atomic mass is 13.9. The van der Waals surface area contributed by atoms with E-state index < -0.39 is 0 Å². The van der Waals surface area contributed by atoms with Gasteiger partial charge >= 0.3 is 0 Å². The second kappa shape index (κ2) is 10.5. The molecular formula is C15H19. The van der Waals surface area contributed by atoms with Gasteiger partial charge in [0, 0.05) is 6.42 Å². The Morgan fingerprint density at radius 2 is 1.53 bits per heavy atom. The topological polar surface area (TPSA) is 0 Å². The highest BCUT2D eigenvalue weighted by Crippen LogP contribution is 2.01. The van der Waals surface area contributed by atoms with E-state index in [4.69, 9.17) is 0 Å². The van der Waals surface area contributed by atoms with E-state index in [1.54, 1.807) is 6.08 Å². The summed E-state index contributed by atoms with van der Waals surface area (Å²) < 4.78 is 0. The van der Waals surface area contributed by atoms with Gasteiger partial charge in [0.2, 0.25) is 0 Å². The maximum absolute atomic E-state index is 3.65. The van der Waals surface area contributed by atoms with E-state index in [-0.39, 0.29) is 0 Å². The first-order valence-corrected chi connectivity index (χ1v) is 5.10. The second-order valence-electron chi connectivity index (χ2n) is 2.86. The highest BCUT2D eigenvalue weighted by Gasteiger charge is 1.81. The van der Waals surface area contributed by atoms with Crippen LogP contribution in [0.4, 0.5) is 0 Å². The fourth-order valence-electron chi connectivity index (χ4n) is 0.895.